The quantitative estimate of drug-likeness (QED) is 0.751. The normalized spacial score (nSPS) is 10.3. The van der Waals surface area contributed by atoms with E-state index in [1.165, 1.54) is 0 Å². The Kier molecular flexibility index (Phi) is 2.49. The molecule has 0 fully saturated rings. The summed E-state index contributed by atoms with van der Waals surface area (Å²) in [5.41, 5.74) is 1.64. The van der Waals surface area contributed by atoms with Crippen molar-refractivity contribution >= 4 is 34.9 Å². The summed E-state index contributed by atoms with van der Waals surface area (Å²) in [6.45, 7) is 0. The minimum absolute atomic E-state index is 0.437. The van der Waals surface area contributed by atoms with Gasteiger partial charge in [-0.2, -0.15) is 8.75 Å². The van der Waals surface area contributed by atoms with Gasteiger partial charge < -0.3 is 0 Å². The van der Waals surface area contributed by atoms with E-state index in [2.05, 4.69) is 8.75 Å². The molecule has 2 rings (SSSR count). The van der Waals surface area contributed by atoms with E-state index >= 15 is 0 Å². The van der Waals surface area contributed by atoms with Gasteiger partial charge in [0.25, 0.3) is 0 Å². The summed E-state index contributed by atoms with van der Waals surface area (Å²) in [7, 11) is 0. The van der Waals surface area contributed by atoms with Gasteiger partial charge in [-0.25, -0.2) is 0 Å². The smallest absolute Gasteiger partial charge is 0.170 e. The highest BCUT2D eigenvalue weighted by molar-refractivity contribution is 6.99. The molecule has 0 radical (unpaired) electrons. The lowest BCUT2D eigenvalue weighted by atomic mass is 10.2. The van der Waals surface area contributed by atoms with E-state index in [0.29, 0.717) is 15.9 Å². The van der Waals surface area contributed by atoms with Crippen molar-refractivity contribution in [1.82, 2.24) is 8.75 Å². The third kappa shape index (κ3) is 1.82. The molecule has 0 bridgehead atoms. The molecule has 0 N–H and O–H groups in total. The molecule has 0 aliphatic rings. The maximum absolute atomic E-state index is 5.82. The third-order valence-electron chi connectivity index (χ3n) is 1.57. The molecule has 0 spiro atoms. The van der Waals surface area contributed by atoms with E-state index in [1.807, 2.05) is 12.1 Å². The molecule has 0 aliphatic heterocycles. The summed E-state index contributed by atoms with van der Waals surface area (Å²) in [5, 5.41) is 1.13. The number of nitrogens with zero attached hydrogens (tertiary/aromatic N) is 2. The van der Waals surface area contributed by atoms with E-state index in [4.69, 9.17) is 23.2 Å². The van der Waals surface area contributed by atoms with Crippen LogP contribution >= 0.6 is 34.9 Å². The van der Waals surface area contributed by atoms with Crippen molar-refractivity contribution in [2.45, 2.75) is 0 Å². The fraction of sp³-hybridized carbons (Fsp3) is 0. The Morgan fingerprint density at radius 3 is 2.23 bits per heavy atom. The first-order chi connectivity index (χ1) is 6.27. The Labute approximate surface area is 89.5 Å². The molecule has 1 aromatic heterocycles. The number of aromatic nitrogens is 2. The van der Waals surface area contributed by atoms with E-state index in [0.717, 1.165) is 17.3 Å². The van der Waals surface area contributed by atoms with Crippen molar-refractivity contribution in [3.63, 3.8) is 0 Å². The molecule has 13 heavy (non-hydrogen) atoms. The average molecular weight is 232 g/mol. The lowest BCUT2D eigenvalue weighted by Crippen LogP contribution is -1.76. The molecule has 0 aliphatic carbocycles. The van der Waals surface area contributed by atoms with Crippen LogP contribution in [-0.2, 0) is 0 Å². The van der Waals surface area contributed by atoms with Gasteiger partial charge in [0.05, 0.1) is 11.7 Å². The third-order valence-corrected chi connectivity index (χ3v) is 2.71. The number of halogens is 2. The second kappa shape index (κ2) is 3.62. The zero-order valence-electron chi connectivity index (χ0n) is 6.37. The molecule has 66 valence electrons. The zero-order valence-corrected chi connectivity index (χ0v) is 8.70. The van der Waals surface area contributed by atoms with Gasteiger partial charge in [0.2, 0.25) is 0 Å². The van der Waals surface area contributed by atoms with Crippen LogP contribution in [0.5, 0.6) is 0 Å². The van der Waals surface area contributed by atoms with Crippen LogP contribution in [0.1, 0.15) is 0 Å². The van der Waals surface area contributed by atoms with Crippen LogP contribution in [0.2, 0.25) is 10.2 Å². The Balaban J connectivity index is 2.47. The van der Waals surface area contributed by atoms with E-state index in [-0.39, 0.29) is 0 Å². The van der Waals surface area contributed by atoms with Crippen LogP contribution in [0.3, 0.4) is 0 Å². The maximum atomic E-state index is 5.82. The predicted molar refractivity (Wildman–Crippen MR) is 55.4 cm³/mol. The molecule has 2 nitrogen and oxygen atoms in total. The first-order valence-corrected chi connectivity index (χ1v) is 5.00. The van der Waals surface area contributed by atoms with Gasteiger partial charge in [0.1, 0.15) is 5.69 Å². The van der Waals surface area contributed by atoms with E-state index in [9.17, 15) is 0 Å². The van der Waals surface area contributed by atoms with Crippen LogP contribution in [0.15, 0.2) is 24.3 Å². The van der Waals surface area contributed by atoms with Crippen molar-refractivity contribution in [1.29, 1.82) is 0 Å². The zero-order chi connectivity index (χ0) is 9.26. The monoisotopic (exact) mass is 231 g/mol. The Morgan fingerprint density at radius 1 is 1.00 bits per heavy atom. The fourth-order valence-electron chi connectivity index (χ4n) is 0.958. The van der Waals surface area contributed by atoms with Gasteiger partial charge in [0, 0.05) is 10.6 Å². The average Bonchev–Trinajstić information content (AvgIpc) is 2.53. The number of hydrogen-bond donors (Lipinski definition) is 0. The van der Waals surface area contributed by atoms with Crippen LogP contribution in [0.4, 0.5) is 0 Å². The Bertz CT molecular complexity index is 410. The Morgan fingerprint density at radius 2 is 1.69 bits per heavy atom. The number of hydrogen-bond acceptors (Lipinski definition) is 3. The van der Waals surface area contributed by atoms with Gasteiger partial charge >= 0.3 is 0 Å². The molecule has 0 unspecified atom stereocenters. The Hall–Kier alpha value is -0.640. The van der Waals surface area contributed by atoms with Crippen LogP contribution in [-0.4, -0.2) is 8.75 Å². The van der Waals surface area contributed by atoms with Crippen molar-refractivity contribution < 1.29 is 0 Å². The second-order valence-corrected chi connectivity index (χ2v) is 3.73. The standard InChI is InChI=1S/C8H4Cl2N2S/c9-6-3-1-5(2-4-6)7-8(10)12-13-11-7/h1-4H/i11+1. The summed E-state index contributed by atoms with van der Waals surface area (Å²) in [6.07, 6.45) is 0. The molecule has 1 aromatic carbocycles. The van der Waals surface area contributed by atoms with Crippen molar-refractivity contribution in [3.05, 3.63) is 34.4 Å². The fourth-order valence-corrected chi connectivity index (χ4v) is 1.85. The molecular weight excluding hydrogens is 228 g/mol. The van der Waals surface area contributed by atoms with Gasteiger partial charge in [-0.1, -0.05) is 35.3 Å². The van der Waals surface area contributed by atoms with Crippen LogP contribution < -0.4 is 0 Å². The first kappa shape index (κ1) is 8.94. The lowest BCUT2D eigenvalue weighted by Gasteiger charge is -1.95. The number of rotatable bonds is 1. The van der Waals surface area contributed by atoms with E-state index < -0.39 is 0 Å². The van der Waals surface area contributed by atoms with Crippen molar-refractivity contribution in [2.75, 3.05) is 0 Å². The summed E-state index contributed by atoms with van der Waals surface area (Å²) < 4.78 is 7.95. The molecule has 1 heterocycles. The largest absolute Gasteiger partial charge is 0.171 e. The molecule has 5 heteroatoms. The molecule has 0 amide bonds. The maximum Gasteiger partial charge on any atom is 0.170 e. The minimum atomic E-state index is 0.437. The highest BCUT2D eigenvalue weighted by Gasteiger charge is 2.06. The molecular formula is C8H4Cl2N2S. The van der Waals surface area contributed by atoms with Gasteiger partial charge in [-0.15, -0.1) is 0 Å². The highest BCUT2D eigenvalue weighted by atomic mass is 35.5. The summed E-state index contributed by atoms with van der Waals surface area (Å²) in [5.74, 6) is 0. The summed E-state index contributed by atoms with van der Waals surface area (Å²) in [4.78, 5) is 0. The molecule has 2 aromatic rings. The summed E-state index contributed by atoms with van der Waals surface area (Å²) >= 11 is 12.7. The highest BCUT2D eigenvalue weighted by Crippen LogP contribution is 2.26. The molecule has 0 atom stereocenters. The van der Waals surface area contributed by atoms with Gasteiger partial charge in [0.15, 0.2) is 5.15 Å². The van der Waals surface area contributed by atoms with Crippen LogP contribution in [0, 0.1) is 0 Å². The molecule has 0 saturated carbocycles. The van der Waals surface area contributed by atoms with Crippen molar-refractivity contribution in [2.24, 2.45) is 0 Å². The predicted octanol–water partition coefficient (Wildman–Crippen LogP) is 3.51. The SMILES string of the molecule is Clc1ccc(-c2[15n]snc2Cl)cc1. The van der Waals surface area contributed by atoms with Crippen molar-refractivity contribution in [3.8, 4) is 11.3 Å². The lowest BCUT2D eigenvalue weighted by molar-refractivity contribution is 1.49. The topological polar surface area (TPSA) is 25.8 Å². The summed E-state index contributed by atoms with van der Waals surface area (Å²) in [6, 6.07) is 7.33. The first-order valence-electron chi connectivity index (χ1n) is 3.51. The van der Waals surface area contributed by atoms with Gasteiger partial charge in [-0.05, 0) is 12.1 Å². The minimum Gasteiger partial charge on any atom is -0.171 e. The van der Waals surface area contributed by atoms with Crippen LogP contribution in [0.25, 0.3) is 11.3 Å². The molecule has 0 saturated heterocycles. The second-order valence-electron chi connectivity index (χ2n) is 2.41. The van der Waals surface area contributed by atoms with Gasteiger partial charge in [-0.3, -0.25) is 0 Å². The van der Waals surface area contributed by atoms with E-state index in [1.54, 1.807) is 12.1 Å². The number of benzene rings is 1.